The van der Waals surface area contributed by atoms with Gasteiger partial charge in [0.25, 0.3) is 5.91 Å². The normalized spacial score (nSPS) is 11.6. The maximum absolute atomic E-state index is 11.8. The van der Waals surface area contributed by atoms with Gasteiger partial charge in [0.15, 0.2) is 0 Å². The number of phenols is 1. The Balaban J connectivity index is 2.90. The number of hydrogen-bond donors (Lipinski definition) is 4. The highest BCUT2D eigenvalue weighted by atomic mass is 79.9. The van der Waals surface area contributed by atoms with Gasteiger partial charge >= 0.3 is 5.97 Å². The molecule has 0 aliphatic carbocycles. The number of aromatic hydroxyl groups is 1. The lowest BCUT2D eigenvalue weighted by Gasteiger charge is -2.13. The molecule has 5 N–H and O–H groups in total. The first-order valence-electron chi connectivity index (χ1n) is 5.11. The number of nitrogens with two attached hydrogens (primary N) is 1. The van der Waals surface area contributed by atoms with Crippen molar-refractivity contribution in [3.05, 3.63) is 28.2 Å². The van der Waals surface area contributed by atoms with Crippen molar-refractivity contribution in [1.29, 1.82) is 0 Å². The molecule has 0 heterocycles. The van der Waals surface area contributed by atoms with Crippen molar-refractivity contribution in [1.82, 2.24) is 5.32 Å². The summed E-state index contributed by atoms with van der Waals surface area (Å²) >= 11 is 3.12. The summed E-state index contributed by atoms with van der Waals surface area (Å²) in [7, 11) is 0. The number of nitrogens with one attached hydrogen (secondary N) is 1. The fourth-order valence-corrected chi connectivity index (χ4v) is 1.69. The molecule has 0 unspecified atom stereocenters. The Morgan fingerprint density at radius 1 is 1.37 bits per heavy atom. The number of carbonyl (C=O) groups is 3. The van der Waals surface area contributed by atoms with E-state index in [2.05, 4.69) is 21.2 Å². The number of benzene rings is 1. The number of primary amides is 1. The molecule has 1 aromatic rings. The zero-order valence-corrected chi connectivity index (χ0v) is 11.2. The van der Waals surface area contributed by atoms with E-state index in [9.17, 15) is 19.5 Å². The minimum atomic E-state index is -1.44. The van der Waals surface area contributed by atoms with Crippen molar-refractivity contribution in [2.24, 2.45) is 5.73 Å². The van der Waals surface area contributed by atoms with Crippen molar-refractivity contribution < 1.29 is 24.6 Å². The third kappa shape index (κ3) is 4.25. The summed E-state index contributed by atoms with van der Waals surface area (Å²) in [6.45, 7) is 0. The number of hydrogen-bond acceptors (Lipinski definition) is 4. The summed E-state index contributed by atoms with van der Waals surface area (Å²) in [5.41, 5.74) is 4.78. The first-order valence-corrected chi connectivity index (χ1v) is 5.91. The summed E-state index contributed by atoms with van der Waals surface area (Å²) in [4.78, 5) is 33.4. The van der Waals surface area contributed by atoms with E-state index in [1.807, 2.05) is 0 Å². The van der Waals surface area contributed by atoms with Gasteiger partial charge in [0.2, 0.25) is 5.91 Å². The number of halogens is 1. The van der Waals surface area contributed by atoms with Gasteiger partial charge in [-0.05, 0) is 18.2 Å². The number of carboxylic acid groups (broad SMARTS) is 1. The average Bonchev–Trinajstić information content (AvgIpc) is 2.30. The predicted octanol–water partition coefficient (Wildman–Crippen LogP) is 0.213. The minimum absolute atomic E-state index is 0.106. The van der Waals surface area contributed by atoms with Crippen LogP contribution in [0.25, 0.3) is 0 Å². The van der Waals surface area contributed by atoms with Crippen molar-refractivity contribution in [3.8, 4) is 5.75 Å². The van der Waals surface area contributed by atoms with Gasteiger partial charge in [-0.1, -0.05) is 15.9 Å². The number of aliphatic carboxylic acids is 1. The molecule has 0 spiro atoms. The van der Waals surface area contributed by atoms with E-state index < -0.39 is 30.2 Å². The van der Waals surface area contributed by atoms with Gasteiger partial charge < -0.3 is 21.3 Å². The number of rotatable bonds is 5. The Morgan fingerprint density at radius 3 is 2.53 bits per heavy atom. The molecule has 0 bridgehead atoms. The van der Waals surface area contributed by atoms with E-state index in [1.165, 1.54) is 18.2 Å². The molecule has 0 saturated heterocycles. The molecule has 1 rings (SSSR count). The standard InChI is InChI=1S/C11H11BrN2O5/c12-5-1-2-8(15)6(3-5)10(17)14-7(11(18)19)4-9(13)16/h1-3,7,15H,4H2,(H2,13,16)(H,14,17)(H,18,19)/t7-/m1/s1. The molecule has 7 nitrogen and oxygen atoms in total. The van der Waals surface area contributed by atoms with Crippen molar-refractivity contribution in [3.63, 3.8) is 0 Å². The molecule has 1 aromatic carbocycles. The van der Waals surface area contributed by atoms with Crippen LogP contribution in [0.1, 0.15) is 16.8 Å². The maximum atomic E-state index is 11.8. The summed E-state index contributed by atoms with van der Waals surface area (Å²) in [6.07, 6.45) is -0.532. The summed E-state index contributed by atoms with van der Waals surface area (Å²) in [6, 6.07) is 2.68. The van der Waals surface area contributed by atoms with E-state index in [4.69, 9.17) is 10.8 Å². The van der Waals surface area contributed by atoms with Crippen molar-refractivity contribution in [2.45, 2.75) is 12.5 Å². The van der Waals surface area contributed by atoms with Gasteiger partial charge in [-0.3, -0.25) is 9.59 Å². The topological polar surface area (TPSA) is 130 Å². The Morgan fingerprint density at radius 2 is 2.00 bits per heavy atom. The van der Waals surface area contributed by atoms with E-state index >= 15 is 0 Å². The third-order valence-electron chi connectivity index (χ3n) is 2.21. The molecule has 0 aromatic heterocycles. The number of phenolic OH excluding ortho intramolecular Hbond substituents is 1. The third-order valence-corrected chi connectivity index (χ3v) is 2.71. The van der Waals surface area contributed by atoms with Crippen LogP contribution < -0.4 is 11.1 Å². The number of amides is 2. The Hall–Kier alpha value is -2.09. The van der Waals surface area contributed by atoms with Crippen LogP contribution in [0.3, 0.4) is 0 Å². The second-order valence-electron chi connectivity index (χ2n) is 3.70. The van der Waals surface area contributed by atoms with Crippen LogP contribution in [-0.2, 0) is 9.59 Å². The molecule has 2 amide bonds. The van der Waals surface area contributed by atoms with Crippen LogP contribution in [0.15, 0.2) is 22.7 Å². The minimum Gasteiger partial charge on any atom is -0.507 e. The quantitative estimate of drug-likeness (QED) is 0.613. The highest BCUT2D eigenvalue weighted by molar-refractivity contribution is 9.10. The monoisotopic (exact) mass is 330 g/mol. The fourth-order valence-electron chi connectivity index (χ4n) is 1.33. The fraction of sp³-hybridized carbons (Fsp3) is 0.182. The molecule has 1 atom stereocenters. The van der Waals surface area contributed by atoms with Gasteiger partial charge in [0.05, 0.1) is 12.0 Å². The van der Waals surface area contributed by atoms with E-state index in [0.717, 1.165) is 0 Å². The number of carbonyl (C=O) groups excluding carboxylic acids is 2. The van der Waals surface area contributed by atoms with Crippen molar-refractivity contribution in [2.75, 3.05) is 0 Å². The van der Waals surface area contributed by atoms with E-state index in [1.54, 1.807) is 0 Å². The Labute approximate surface area is 116 Å². The molecule has 8 heteroatoms. The first kappa shape index (κ1) is 15.0. The highest BCUT2D eigenvalue weighted by Gasteiger charge is 2.23. The van der Waals surface area contributed by atoms with Crippen LogP contribution in [0.4, 0.5) is 0 Å². The maximum Gasteiger partial charge on any atom is 0.326 e. The largest absolute Gasteiger partial charge is 0.507 e. The molecule has 0 aliphatic rings. The summed E-state index contributed by atoms with van der Waals surface area (Å²) in [5, 5.41) is 20.5. The zero-order chi connectivity index (χ0) is 14.6. The van der Waals surface area contributed by atoms with Gasteiger partial charge in [0.1, 0.15) is 11.8 Å². The van der Waals surface area contributed by atoms with Crippen LogP contribution in [0.5, 0.6) is 5.75 Å². The van der Waals surface area contributed by atoms with Crippen LogP contribution in [0, 0.1) is 0 Å². The molecule has 0 aliphatic heterocycles. The molecule has 0 saturated carbocycles. The van der Waals surface area contributed by atoms with E-state index in [-0.39, 0.29) is 11.3 Å². The summed E-state index contributed by atoms with van der Waals surface area (Å²) in [5.74, 6) is -3.36. The van der Waals surface area contributed by atoms with Gasteiger partial charge in [0, 0.05) is 4.47 Å². The summed E-state index contributed by atoms with van der Waals surface area (Å²) < 4.78 is 0.539. The van der Waals surface area contributed by atoms with Gasteiger partial charge in [-0.25, -0.2) is 4.79 Å². The SMILES string of the molecule is NC(=O)C[C@@H](NC(=O)c1cc(Br)ccc1O)C(=O)O. The van der Waals surface area contributed by atoms with Crippen LogP contribution >= 0.6 is 15.9 Å². The highest BCUT2D eigenvalue weighted by Crippen LogP contribution is 2.21. The van der Waals surface area contributed by atoms with Crippen LogP contribution in [-0.4, -0.2) is 34.0 Å². The lowest BCUT2D eigenvalue weighted by molar-refractivity contribution is -0.140. The zero-order valence-electron chi connectivity index (χ0n) is 9.59. The first-order chi connectivity index (χ1) is 8.81. The van der Waals surface area contributed by atoms with Crippen LogP contribution in [0.2, 0.25) is 0 Å². The van der Waals surface area contributed by atoms with Gasteiger partial charge in [-0.15, -0.1) is 0 Å². The average molecular weight is 331 g/mol. The molecule has 102 valence electrons. The van der Waals surface area contributed by atoms with E-state index in [0.29, 0.717) is 4.47 Å². The smallest absolute Gasteiger partial charge is 0.326 e. The predicted molar refractivity (Wildman–Crippen MR) is 68.5 cm³/mol. The molecule has 19 heavy (non-hydrogen) atoms. The lowest BCUT2D eigenvalue weighted by Crippen LogP contribution is -2.43. The molecular formula is C11H11BrN2O5. The van der Waals surface area contributed by atoms with Gasteiger partial charge in [-0.2, -0.15) is 0 Å². The lowest BCUT2D eigenvalue weighted by atomic mass is 10.1. The molecular weight excluding hydrogens is 320 g/mol. The molecule has 0 radical (unpaired) electrons. The Bertz CT molecular complexity index is 532. The van der Waals surface area contributed by atoms with Crippen molar-refractivity contribution >= 4 is 33.7 Å². The second-order valence-corrected chi connectivity index (χ2v) is 4.61. The Kier molecular flexibility index (Phi) is 4.87. The number of carboxylic acids is 1. The molecule has 0 fully saturated rings. The second kappa shape index (κ2) is 6.19.